The molecule has 60 valence electrons. The maximum Gasteiger partial charge on any atom is 0.269 e. The molecule has 0 aromatic carbocycles. The standard InChI is InChI=1S/C8H7N3O/c9-11-7-3-4-10-5-6(7)1-2-8(11)12/h1-5H,9H2. The lowest BCUT2D eigenvalue weighted by atomic mass is 10.3. The number of nitrogen functional groups attached to an aromatic ring is 1. The van der Waals surface area contributed by atoms with Crippen LogP contribution in [-0.2, 0) is 0 Å². The summed E-state index contributed by atoms with van der Waals surface area (Å²) in [6.45, 7) is 0. The van der Waals surface area contributed by atoms with E-state index in [4.69, 9.17) is 5.84 Å². The molecule has 0 saturated heterocycles. The molecule has 0 atom stereocenters. The van der Waals surface area contributed by atoms with Gasteiger partial charge in [0.1, 0.15) is 0 Å². The summed E-state index contributed by atoms with van der Waals surface area (Å²) in [7, 11) is 0. The van der Waals surface area contributed by atoms with Crippen molar-refractivity contribution in [3.63, 3.8) is 0 Å². The van der Waals surface area contributed by atoms with Gasteiger partial charge in [-0.2, -0.15) is 0 Å². The number of fused-ring (bicyclic) bond motifs is 1. The SMILES string of the molecule is Nn1c(=O)ccc2cnccc21. The van der Waals surface area contributed by atoms with Crippen molar-refractivity contribution >= 4 is 10.9 Å². The van der Waals surface area contributed by atoms with Gasteiger partial charge in [-0.25, -0.2) is 4.68 Å². The van der Waals surface area contributed by atoms with Gasteiger partial charge in [0.05, 0.1) is 5.52 Å². The van der Waals surface area contributed by atoms with Crippen molar-refractivity contribution < 1.29 is 0 Å². The Bertz CT molecular complexity index is 475. The molecule has 2 N–H and O–H groups in total. The van der Waals surface area contributed by atoms with Crippen LogP contribution in [0, 0.1) is 0 Å². The first-order chi connectivity index (χ1) is 5.79. The summed E-state index contributed by atoms with van der Waals surface area (Å²) in [4.78, 5) is 15.0. The molecule has 2 aromatic rings. The van der Waals surface area contributed by atoms with Crippen molar-refractivity contribution in [2.75, 3.05) is 5.84 Å². The zero-order chi connectivity index (χ0) is 8.55. The van der Waals surface area contributed by atoms with E-state index in [1.165, 1.54) is 6.07 Å². The summed E-state index contributed by atoms with van der Waals surface area (Å²) in [6.07, 6.45) is 3.27. The lowest BCUT2D eigenvalue weighted by molar-refractivity contribution is 0.986. The van der Waals surface area contributed by atoms with E-state index >= 15 is 0 Å². The van der Waals surface area contributed by atoms with Crippen molar-refractivity contribution in [3.8, 4) is 0 Å². The smallest absolute Gasteiger partial charge is 0.269 e. The number of aromatic nitrogens is 2. The van der Waals surface area contributed by atoms with Gasteiger partial charge < -0.3 is 5.84 Å². The third-order valence-corrected chi connectivity index (χ3v) is 1.73. The van der Waals surface area contributed by atoms with Crippen molar-refractivity contribution in [2.45, 2.75) is 0 Å². The van der Waals surface area contributed by atoms with Gasteiger partial charge in [0, 0.05) is 23.8 Å². The molecule has 12 heavy (non-hydrogen) atoms. The molecule has 0 amide bonds. The number of rotatable bonds is 0. The number of nitrogens with zero attached hydrogens (tertiary/aromatic N) is 2. The first kappa shape index (κ1) is 6.84. The fraction of sp³-hybridized carbons (Fsp3) is 0. The van der Waals surface area contributed by atoms with Gasteiger partial charge in [0.25, 0.3) is 5.56 Å². The van der Waals surface area contributed by atoms with Gasteiger partial charge >= 0.3 is 0 Å². The topological polar surface area (TPSA) is 60.9 Å². The fourth-order valence-corrected chi connectivity index (χ4v) is 1.11. The third-order valence-electron chi connectivity index (χ3n) is 1.73. The van der Waals surface area contributed by atoms with Crippen LogP contribution in [0.25, 0.3) is 10.9 Å². The summed E-state index contributed by atoms with van der Waals surface area (Å²) in [6, 6.07) is 4.83. The number of hydrogen-bond donors (Lipinski definition) is 1. The minimum absolute atomic E-state index is 0.214. The molecular weight excluding hydrogens is 154 g/mol. The highest BCUT2D eigenvalue weighted by molar-refractivity contribution is 5.77. The maximum absolute atomic E-state index is 11.1. The minimum Gasteiger partial charge on any atom is -0.336 e. The summed E-state index contributed by atoms with van der Waals surface area (Å²) < 4.78 is 1.11. The third kappa shape index (κ3) is 0.852. The van der Waals surface area contributed by atoms with Gasteiger partial charge in [0.15, 0.2) is 0 Å². The lowest BCUT2D eigenvalue weighted by Crippen LogP contribution is -2.26. The molecular formula is C8H7N3O. The molecule has 0 bridgehead atoms. The predicted molar refractivity (Wildman–Crippen MR) is 46.2 cm³/mol. The predicted octanol–water partition coefficient (Wildman–Crippen LogP) is 0.110. The van der Waals surface area contributed by atoms with Crippen LogP contribution in [0.3, 0.4) is 0 Å². The second kappa shape index (κ2) is 2.34. The van der Waals surface area contributed by atoms with Gasteiger partial charge in [0.2, 0.25) is 0 Å². The van der Waals surface area contributed by atoms with Crippen LogP contribution in [0.2, 0.25) is 0 Å². The Balaban J connectivity index is 3.01. The molecule has 0 unspecified atom stereocenters. The average Bonchev–Trinajstić information content (AvgIpc) is 2.12. The average molecular weight is 161 g/mol. The molecule has 0 aliphatic rings. The molecule has 0 fully saturated rings. The van der Waals surface area contributed by atoms with E-state index in [1.54, 1.807) is 24.5 Å². The Hall–Kier alpha value is -1.84. The summed E-state index contributed by atoms with van der Waals surface area (Å²) in [5, 5.41) is 0.861. The van der Waals surface area contributed by atoms with E-state index < -0.39 is 0 Å². The van der Waals surface area contributed by atoms with Gasteiger partial charge in [-0.15, -0.1) is 0 Å². The van der Waals surface area contributed by atoms with E-state index in [1.807, 2.05) is 0 Å². The Morgan fingerprint density at radius 3 is 3.00 bits per heavy atom. The largest absolute Gasteiger partial charge is 0.336 e. The second-order valence-corrected chi connectivity index (χ2v) is 2.48. The lowest BCUT2D eigenvalue weighted by Gasteiger charge is -2.01. The zero-order valence-electron chi connectivity index (χ0n) is 6.27. The Morgan fingerprint density at radius 2 is 2.17 bits per heavy atom. The van der Waals surface area contributed by atoms with Crippen LogP contribution in [0.5, 0.6) is 0 Å². The molecule has 4 heteroatoms. The fourth-order valence-electron chi connectivity index (χ4n) is 1.11. The van der Waals surface area contributed by atoms with E-state index in [0.29, 0.717) is 5.52 Å². The number of hydrogen-bond acceptors (Lipinski definition) is 3. The van der Waals surface area contributed by atoms with Crippen molar-refractivity contribution in [2.24, 2.45) is 0 Å². The van der Waals surface area contributed by atoms with Crippen LogP contribution in [0.15, 0.2) is 35.4 Å². The first-order valence-corrected chi connectivity index (χ1v) is 3.50. The Morgan fingerprint density at radius 1 is 1.33 bits per heavy atom. The quantitative estimate of drug-likeness (QED) is 0.558. The van der Waals surface area contributed by atoms with Crippen molar-refractivity contribution in [1.82, 2.24) is 9.66 Å². The highest BCUT2D eigenvalue weighted by Crippen LogP contribution is 2.05. The molecule has 0 aliphatic heterocycles. The summed E-state index contributed by atoms with van der Waals surface area (Å²) in [5.41, 5.74) is 0.478. The van der Waals surface area contributed by atoms with E-state index in [0.717, 1.165) is 10.1 Å². The van der Waals surface area contributed by atoms with Gasteiger partial charge in [-0.1, -0.05) is 0 Å². The highest BCUT2D eigenvalue weighted by Gasteiger charge is 1.96. The highest BCUT2D eigenvalue weighted by atomic mass is 16.1. The summed E-state index contributed by atoms with van der Waals surface area (Å²) >= 11 is 0. The number of nitrogens with two attached hydrogens (primary N) is 1. The Labute approximate surface area is 68.2 Å². The van der Waals surface area contributed by atoms with Crippen LogP contribution < -0.4 is 11.4 Å². The van der Waals surface area contributed by atoms with Gasteiger partial charge in [-0.3, -0.25) is 9.78 Å². The molecule has 2 heterocycles. The molecule has 4 nitrogen and oxygen atoms in total. The normalized spacial score (nSPS) is 10.3. The van der Waals surface area contributed by atoms with E-state index in [-0.39, 0.29) is 5.56 Å². The first-order valence-electron chi connectivity index (χ1n) is 3.50. The minimum atomic E-state index is -0.214. The van der Waals surface area contributed by atoms with Crippen molar-refractivity contribution in [1.29, 1.82) is 0 Å². The zero-order valence-corrected chi connectivity index (χ0v) is 6.27. The van der Waals surface area contributed by atoms with E-state index in [9.17, 15) is 4.79 Å². The summed E-state index contributed by atoms with van der Waals surface area (Å²) in [5.74, 6) is 5.49. The molecule has 0 aliphatic carbocycles. The van der Waals surface area contributed by atoms with Crippen LogP contribution in [0.4, 0.5) is 0 Å². The van der Waals surface area contributed by atoms with Gasteiger partial charge in [-0.05, 0) is 12.1 Å². The monoisotopic (exact) mass is 161 g/mol. The number of pyridine rings is 2. The Kier molecular flexibility index (Phi) is 1.33. The molecule has 0 saturated carbocycles. The maximum atomic E-state index is 11.1. The van der Waals surface area contributed by atoms with Crippen LogP contribution in [0.1, 0.15) is 0 Å². The van der Waals surface area contributed by atoms with Crippen LogP contribution >= 0.6 is 0 Å². The molecule has 2 aromatic heterocycles. The second-order valence-electron chi connectivity index (χ2n) is 2.48. The van der Waals surface area contributed by atoms with Crippen LogP contribution in [-0.4, -0.2) is 9.66 Å². The molecule has 0 radical (unpaired) electrons. The van der Waals surface area contributed by atoms with Crippen molar-refractivity contribution in [3.05, 3.63) is 40.9 Å². The molecule has 2 rings (SSSR count). The molecule has 0 spiro atoms. The van der Waals surface area contributed by atoms with E-state index in [2.05, 4.69) is 4.98 Å².